The van der Waals surface area contributed by atoms with Crippen molar-refractivity contribution >= 4 is 29.1 Å². The molecule has 124 valence electrons. The molecule has 6 heteroatoms. The number of hydrogen-bond acceptors (Lipinski definition) is 4. The van der Waals surface area contributed by atoms with Crippen molar-refractivity contribution in [3.05, 3.63) is 54.6 Å². The third-order valence-corrected chi connectivity index (χ3v) is 5.63. The number of halogens is 1. The number of hydrogen-bond donors (Lipinski definition) is 0. The normalized spacial score (nSPS) is 24.0. The van der Waals surface area contributed by atoms with E-state index in [4.69, 9.17) is 0 Å². The largest absolute Gasteiger partial charge is 0.370 e. The molecule has 0 spiro atoms. The Morgan fingerprint density at radius 3 is 3.04 bits per heavy atom. The van der Waals surface area contributed by atoms with Gasteiger partial charge >= 0.3 is 0 Å². The van der Waals surface area contributed by atoms with Crippen molar-refractivity contribution in [1.29, 1.82) is 0 Å². The fourth-order valence-corrected chi connectivity index (χ4v) is 4.04. The predicted molar refractivity (Wildman–Crippen MR) is 97.7 cm³/mol. The number of benzene rings is 1. The van der Waals surface area contributed by atoms with Crippen LogP contribution in [-0.4, -0.2) is 27.0 Å². The Bertz CT molecular complexity index is 1010. The van der Waals surface area contributed by atoms with Crippen molar-refractivity contribution in [2.45, 2.75) is 6.42 Å². The first kappa shape index (κ1) is 14.8. The van der Waals surface area contributed by atoms with Crippen LogP contribution in [0, 0.1) is 23.2 Å². The molecule has 2 aromatic heterocycles. The Morgan fingerprint density at radius 1 is 1.24 bits per heavy atom. The summed E-state index contributed by atoms with van der Waals surface area (Å²) < 4.78 is 14.3. The van der Waals surface area contributed by atoms with Gasteiger partial charge in [-0.1, -0.05) is 12.0 Å². The zero-order chi connectivity index (χ0) is 16.9. The second-order valence-corrected chi connectivity index (χ2v) is 7.25. The molecule has 2 aliphatic rings. The Hall–Kier alpha value is -2.52. The van der Waals surface area contributed by atoms with Gasteiger partial charge in [-0.15, -0.1) is 3.89 Å². The first-order valence-electron chi connectivity index (χ1n) is 8.23. The quantitative estimate of drug-likeness (QED) is 0.660. The molecule has 25 heavy (non-hydrogen) atoms. The molecule has 4 nitrogen and oxygen atoms in total. The third-order valence-electron chi connectivity index (χ3n) is 5.19. The van der Waals surface area contributed by atoms with Crippen LogP contribution in [0.25, 0.3) is 11.0 Å². The lowest BCUT2D eigenvalue weighted by Crippen LogP contribution is -2.24. The van der Waals surface area contributed by atoms with Crippen molar-refractivity contribution in [2.75, 3.05) is 18.0 Å². The fourth-order valence-electron chi connectivity index (χ4n) is 3.73. The van der Waals surface area contributed by atoms with Crippen LogP contribution in [0.4, 0.5) is 9.57 Å². The summed E-state index contributed by atoms with van der Waals surface area (Å²) in [6.07, 6.45) is 4.45. The number of pyridine rings is 1. The molecule has 5 rings (SSSR count). The Morgan fingerprint density at radius 2 is 2.20 bits per heavy atom. The summed E-state index contributed by atoms with van der Waals surface area (Å²) in [5.41, 5.74) is 3.67. The highest BCUT2D eigenvalue weighted by Gasteiger charge is 2.59. The minimum absolute atomic E-state index is 0.0978. The average molecular weight is 350 g/mol. The molecule has 0 N–H and O–H groups in total. The van der Waals surface area contributed by atoms with Gasteiger partial charge in [0.15, 0.2) is 12.3 Å². The molecule has 0 bridgehead atoms. The molecule has 2 fully saturated rings. The lowest BCUT2D eigenvalue weighted by molar-refractivity contribution is 0.706. The van der Waals surface area contributed by atoms with Gasteiger partial charge in [-0.3, -0.25) is 0 Å². The van der Waals surface area contributed by atoms with Crippen LogP contribution in [0.5, 0.6) is 0 Å². The Kier molecular flexibility index (Phi) is 3.25. The van der Waals surface area contributed by atoms with Gasteiger partial charge in [-0.05, 0) is 48.6 Å². The maximum Gasteiger partial charge on any atom is 0.171 e. The Labute approximate surface area is 149 Å². The van der Waals surface area contributed by atoms with E-state index in [2.05, 4.69) is 26.7 Å². The summed E-state index contributed by atoms with van der Waals surface area (Å²) in [7, 11) is 0. The lowest BCUT2D eigenvalue weighted by Gasteiger charge is -2.21. The predicted octanol–water partition coefficient (Wildman–Crippen LogP) is 3.69. The molecule has 1 aromatic carbocycles. The fraction of sp³-hybridized carbons (Fsp3) is 0.263. The van der Waals surface area contributed by atoms with Crippen molar-refractivity contribution < 1.29 is 3.89 Å². The summed E-state index contributed by atoms with van der Waals surface area (Å²) >= 11 is 0.171. The highest BCUT2D eigenvalue weighted by atomic mass is 32.2. The van der Waals surface area contributed by atoms with Crippen molar-refractivity contribution in [3.8, 4) is 11.8 Å². The van der Waals surface area contributed by atoms with Gasteiger partial charge in [-0.2, -0.15) is 0 Å². The van der Waals surface area contributed by atoms with Crippen LogP contribution < -0.4 is 4.90 Å². The van der Waals surface area contributed by atoms with E-state index in [1.165, 1.54) is 16.7 Å². The molecule has 3 heterocycles. The highest BCUT2D eigenvalue weighted by molar-refractivity contribution is 7.92. The van der Waals surface area contributed by atoms with Gasteiger partial charge in [0.05, 0.1) is 16.4 Å². The zero-order valence-corrected chi connectivity index (χ0v) is 14.2. The van der Waals surface area contributed by atoms with Crippen LogP contribution in [-0.2, 0) is 0 Å². The van der Waals surface area contributed by atoms with Gasteiger partial charge in [0.25, 0.3) is 0 Å². The molecule has 2 atom stereocenters. The van der Waals surface area contributed by atoms with Crippen LogP contribution in [0.1, 0.15) is 12.1 Å². The van der Waals surface area contributed by atoms with Crippen molar-refractivity contribution in [3.63, 3.8) is 0 Å². The van der Waals surface area contributed by atoms with Gasteiger partial charge < -0.3 is 4.90 Å². The van der Waals surface area contributed by atoms with E-state index in [0.29, 0.717) is 5.92 Å². The van der Waals surface area contributed by atoms with E-state index in [-0.39, 0.29) is 17.7 Å². The van der Waals surface area contributed by atoms with E-state index in [1.807, 2.05) is 36.4 Å². The van der Waals surface area contributed by atoms with Crippen molar-refractivity contribution in [2.24, 2.45) is 11.3 Å². The molecule has 2 unspecified atom stereocenters. The van der Waals surface area contributed by atoms with E-state index in [1.54, 1.807) is 6.20 Å². The summed E-state index contributed by atoms with van der Waals surface area (Å²) in [6, 6.07) is 11.8. The topological polar surface area (TPSA) is 34.0 Å². The van der Waals surface area contributed by atoms with Crippen LogP contribution >= 0.6 is 12.3 Å². The summed E-state index contributed by atoms with van der Waals surface area (Å²) in [6.45, 7) is 1.95. The number of imidazole rings is 1. The monoisotopic (exact) mass is 350 g/mol. The van der Waals surface area contributed by atoms with Crippen molar-refractivity contribution in [1.82, 2.24) is 13.9 Å². The number of aromatic nitrogens is 3. The minimum atomic E-state index is 0.0978. The Balaban J connectivity index is 1.39. The second-order valence-electron chi connectivity index (χ2n) is 6.72. The number of piperidine rings is 1. The molecular formula is C19H15FN4S. The zero-order valence-electron chi connectivity index (χ0n) is 13.4. The van der Waals surface area contributed by atoms with Gasteiger partial charge in [0.1, 0.15) is 12.0 Å². The molecule has 0 radical (unpaired) electrons. The minimum Gasteiger partial charge on any atom is -0.370 e. The summed E-state index contributed by atoms with van der Waals surface area (Å²) in [5.74, 6) is 7.33. The molecule has 3 aromatic rings. The highest BCUT2D eigenvalue weighted by Crippen LogP contribution is 2.58. The van der Waals surface area contributed by atoms with E-state index >= 15 is 0 Å². The number of rotatable bonds is 2. The van der Waals surface area contributed by atoms with E-state index in [0.717, 1.165) is 35.5 Å². The molecule has 1 aliphatic carbocycles. The SMILES string of the molecule is FSn1cnc2cc(N3CC4CC4(C#Cc4ccccn4)C3)ccc21. The van der Waals surface area contributed by atoms with E-state index in [9.17, 15) is 3.89 Å². The number of anilines is 1. The van der Waals surface area contributed by atoms with Gasteiger partial charge in [0.2, 0.25) is 0 Å². The standard InChI is InChI=1S/C19H15FN4S/c20-25-24-13-22-17-9-16(4-5-18(17)24)23-11-14-10-19(14,12-23)7-6-15-3-1-2-8-21-15/h1-5,8-9,13-14H,10-12H2. The first-order valence-corrected chi connectivity index (χ1v) is 8.90. The molecule has 1 aliphatic heterocycles. The lowest BCUT2D eigenvalue weighted by atomic mass is 10.1. The van der Waals surface area contributed by atoms with Crippen LogP contribution in [0.2, 0.25) is 0 Å². The summed E-state index contributed by atoms with van der Waals surface area (Å²) in [4.78, 5) is 10.9. The van der Waals surface area contributed by atoms with Crippen LogP contribution in [0.3, 0.4) is 0 Å². The third kappa shape index (κ3) is 2.47. The molecule has 0 amide bonds. The summed E-state index contributed by atoms with van der Waals surface area (Å²) in [5, 5.41) is 0. The van der Waals surface area contributed by atoms with Gasteiger partial charge in [-0.25, -0.2) is 13.9 Å². The smallest absolute Gasteiger partial charge is 0.171 e. The maximum absolute atomic E-state index is 12.8. The van der Waals surface area contributed by atoms with Gasteiger partial charge in [0, 0.05) is 25.0 Å². The number of nitrogens with zero attached hydrogens (tertiary/aromatic N) is 4. The average Bonchev–Trinajstić information content (AvgIpc) is 3.02. The van der Waals surface area contributed by atoms with Crippen LogP contribution in [0.15, 0.2) is 48.9 Å². The van der Waals surface area contributed by atoms with E-state index < -0.39 is 0 Å². The second kappa shape index (κ2) is 5.50. The molecule has 1 saturated heterocycles. The molecular weight excluding hydrogens is 335 g/mol. The first-order chi connectivity index (χ1) is 12.3. The number of fused-ring (bicyclic) bond motifs is 2. The molecule has 1 saturated carbocycles. The maximum atomic E-state index is 12.8.